The van der Waals surface area contributed by atoms with E-state index in [1.807, 2.05) is 30.1 Å². The van der Waals surface area contributed by atoms with E-state index in [4.69, 9.17) is 18.9 Å². The molecule has 0 bridgehead atoms. The lowest BCUT2D eigenvalue weighted by molar-refractivity contribution is -0.159. The van der Waals surface area contributed by atoms with Crippen molar-refractivity contribution < 1.29 is 28.8 Å². The van der Waals surface area contributed by atoms with Crippen LogP contribution in [0.4, 0.5) is 5.69 Å². The number of benzene rings is 1. The van der Waals surface area contributed by atoms with Crippen molar-refractivity contribution in [3.8, 4) is 0 Å². The molecular formula is C29H33N3O6. The number of hydrogen-bond acceptors (Lipinski definition) is 8. The number of rotatable bonds is 4. The molecule has 3 aliphatic carbocycles. The Kier molecular flexibility index (Phi) is 3.71. The number of cyclic esters (lactones) is 1. The number of fused-ring (bicyclic) bond motifs is 5. The van der Waals surface area contributed by atoms with Gasteiger partial charge in [0, 0.05) is 41.9 Å². The van der Waals surface area contributed by atoms with Gasteiger partial charge in [-0.25, -0.2) is 4.79 Å². The number of esters is 1. The number of carbonyl (C=O) groups excluding carboxylic acids is 1. The zero-order valence-electron chi connectivity index (χ0n) is 22.1. The van der Waals surface area contributed by atoms with Crippen molar-refractivity contribution >= 4 is 22.6 Å². The van der Waals surface area contributed by atoms with Gasteiger partial charge in [0.1, 0.15) is 35.6 Å². The molecule has 1 aromatic carbocycles. The molecule has 2 N–H and O–H groups in total. The van der Waals surface area contributed by atoms with E-state index in [-0.39, 0.29) is 48.1 Å². The highest BCUT2D eigenvalue weighted by molar-refractivity contribution is 5.92. The first-order valence-electron chi connectivity index (χ1n) is 14.0. The van der Waals surface area contributed by atoms with Crippen LogP contribution in [0.3, 0.4) is 0 Å². The highest BCUT2D eigenvalue weighted by Crippen LogP contribution is 2.85. The minimum absolute atomic E-state index is 0.0774. The van der Waals surface area contributed by atoms with Crippen LogP contribution in [0.5, 0.6) is 0 Å². The van der Waals surface area contributed by atoms with Gasteiger partial charge in [0.25, 0.3) is 0 Å². The fraction of sp³-hybridized carbons (Fsp3) is 0.655. The number of ether oxygens (including phenoxy) is 4. The second kappa shape index (κ2) is 6.30. The Bertz CT molecular complexity index is 1500. The third kappa shape index (κ3) is 2.08. The third-order valence-electron chi connectivity index (χ3n) is 11.6. The van der Waals surface area contributed by atoms with E-state index in [0.717, 1.165) is 40.6 Å². The summed E-state index contributed by atoms with van der Waals surface area (Å²) in [6.07, 6.45) is 3.78. The summed E-state index contributed by atoms with van der Waals surface area (Å²) in [4.78, 5) is 12.4. The quantitative estimate of drug-likeness (QED) is 0.468. The van der Waals surface area contributed by atoms with Gasteiger partial charge in [-0.3, -0.25) is 4.68 Å². The lowest BCUT2D eigenvalue weighted by atomic mass is 9.44. The molecule has 0 unspecified atom stereocenters. The minimum Gasteiger partial charge on any atom is -0.458 e. The lowest BCUT2D eigenvalue weighted by Crippen LogP contribution is -2.77. The van der Waals surface area contributed by atoms with Gasteiger partial charge in [0.15, 0.2) is 5.60 Å². The molecule has 9 heteroatoms. The highest BCUT2D eigenvalue weighted by atomic mass is 16.7. The van der Waals surface area contributed by atoms with Crippen molar-refractivity contribution in [1.82, 2.24) is 9.78 Å². The predicted octanol–water partition coefficient (Wildman–Crippen LogP) is 2.47. The second-order valence-corrected chi connectivity index (χ2v) is 13.2. The van der Waals surface area contributed by atoms with Crippen LogP contribution in [0.2, 0.25) is 0 Å². The Morgan fingerprint density at radius 2 is 2.05 bits per heavy atom. The summed E-state index contributed by atoms with van der Waals surface area (Å²) >= 11 is 0. The molecule has 5 fully saturated rings. The van der Waals surface area contributed by atoms with Crippen LogP contribution in [0.15, 0.2) is 35.5 Å². The molecule has 2 aromatic rings. The zero-order valence-corrected chi connectivity index (χ0v) is 22.1. The molecule has 2 spiro atoms. The Labute approximate surface area is 220 Å². The molecule has 2 saturated carbocycles. The monoisotopic (exact) mass is 519 g/mol. The number of aromatic nitrogens is 2. The number of nitrogens with one attached hydrogen (secondary N) is 1. The van der Waals surface area contributed by atoms with Crippen molar-refractivity contribution in [3.05, 3.63) is 35.5 Å². The van der Waals surface area contributed by atoms with Crippen LogP contribution < -0.4 is 5.32 Å². The fourth-order valence-corrected chi connectivity index (χ4v) is 9.84. The third-order valence-corrected chi connectivity index (χ3v) is 11.6. The predicted molar refractivity (Wildman–Crippen MR) is 135 cm³/mol. The van der Waals surface area contributed by atoms with Crippen molar-refractivity contribution in [2.45, 2.75) is 80.7 Å². The molecule has 9 atom stereocenters. The van der Waals surface area contributed by atoms with Gasteiger partial charge in [-0.05, 0) is 54.9 Å². The average Bonchev–Trinajstić information content (AvgIpc) is 3.79. The molecule has 5 heterocycles. The summed E-state index contributed by atoms with van der Waals surface area (Å²) in [6.45, 7) is 7.20. The molecule has 3 saturated heterocycles. The maximum Gasteiger partial charge on any atom is 0.334 e. The number of epoxide rings is 3. The number of aryl methyl sites for hydroxylation is 1. The van der Waals surface area contributed by atoms with E-state index in [1.165, 1.54) is 0 Å². The first-order valence-corrected chi connectivity index (χ1v) is 14.0. The van der Waals surface area contributed by atoms with Crippen molar-refractivity contribution in [3.63, 3.8) is 0 Å². The number of carbonyl (C=O) groups is 1. The summed E-state index contributed by atoms with van der Waals surface area (Å²) in [6, 6.07) is 6.08. The van der Waals surface area contributed by atoms with Gasteiger partial charge < -0.3 is 29.4 Å². The van der Waals surface area contributed by atoms with Crippen LogP contribution in [-0.2, 0) is 30.8 Å². The van der Waals surface area contributed by atoms with Crippen LogP contribution in [0, 0.1) is 17.3 Å². The van der Waals surface area contributed by atoms with Gasteiger partial charge in [0.2, 0.25) is 0 Å². The smallest absolute Gasteiger partial charge is 0.334 e. The summed E-state index contributed by atoms with van der Waals surface area (Å²) in [5.41, 5.74) is -0.00567. The Balaban J connectivity index is 1.14. The zero-order chi connectivity index (χ0) is 26.0. The minimum atomic E-state index is -1.30. The van der Waals surface area contributed by atoms with Crippen LogP contribution in [0.25, 0.3) is 10.9 Å². The first-order chi connectivity index (χ1) is 18.1. The topological polar surface area (TPSA) is 114 Å². The molecule has 7 aliphatic rings. The largest absolute Gasteiger partial charge is 0.458 e. The Morgan fingerprint density at radius 1 is 1.21 bits per heavy atom. The molecule has 0 amide bonds. The molecule has 9 rings (SSSR count). The summed E-state index contributed by atoms with van der Waals surface area (Å²) < 4.78 is 27.4. The molecular weight excluding hydrogens is 486 g/mol. The SMILES string of the molecule is CC(C)[C@]12O[C@H]1[C@@H]1O[C@]13[C@]1(O[C@H]1C[C@H]1C4=C(CC[C@@]13C)C(=O)OC4)[C@]2(O)CNc1ccc2nn(C)cc2c1. The van der Waals surface area contributed by atoms with E-state index in [2.05, 4.69) is 37.3 Å². The van der Waals surface area contributed by atoms with Crippen LogP contribution in [0.1, 0.15) is 40.0 Å². The van der Waals surface area contributed by atoms with Gasteiger partial charge in [-0.15, -0.1) is 0 Å². The van der Waals surface area contributed by atoms with E-state index >= 15 is 0 Å². The molecule has 9 nitrogen and oxygen atoms in total. The maximum absolute atomic E-state index is 13.0. The first kappa shape index (κ1) is 22.4. The number of aliphatic hydroxyl groups is 1. The van der Waals surface area contributed by atoms with Crippen LogP contribution >= 0.6 is 0 Å². The maximum atomic E-state index is 13.0. The lowest BCUT2D eigenvalue weighted by Gasteiger charge is -2.56. The van der Waals surface area contributed by atoms with E-state index in [1.54, 1.807) is 0 Å². The molecule has 38 heavy (non-hydrogen) atoms. The van der Waals surface area contributed by atoms with E-state index < -0.39 is 22.4 Å². The second-order valence-electron chi connectivity index (χ2n) is 13.2. The fourth-order valence-electron chi connectivity index (χ4n) is 9.84. The summed E-state index contributed by atoms with van der Waals surface area (Å²) in [5.74, 6) is 0.0491. The van der Waals surface area contributed by atoms with Crippen molar-refractivity contribution in [2.24, 2.45) is 24.3 Å². The van der Waals surface area contributed by atoms with Crippen LogP contribution in [-0.4, -0.2) is 74.7 Å². The highest BCUT2D eigenvalue weighted by Gasteiger charge is 3.04. The van der Waals surface area contributed by atoms with Gasteiger partial charge in [-0.2, -0.15) is 5.10 Å². The summed E-state index contributed by atoms with van der Waals surface area (Å²) in [7, 11) is 1.92. The summed E-state index contributed by atoms with van der Waals surface area (Å²) in [5, 5.41) is 22.1. The Morgan fingerprint density at radius 3 is 2.87 bits per heavy atom. The molecule has 4 aliphatic heterocycles. The average molecular weight is 520 g/mol. The van der Waals surface area contributed by atoms with E-state index in [0.29, 0.717) is 13.0 Å². The standard InChI is InChI=1S/C29H33N3O6/c1-14(2)27-22(37-27)23-29(38-23)25(3)8-7-17-18(12-35-24(17)33)19(25)10-21-28(29,36-21)26(27,34)13-30-16-5-6-20-15(9-16)11-32(4)31-20/h5-6,9,11,14,19,21-23,30,34H,7-8,10,12-13H2,1-4H3/t19-,21-,22-,23-,25-,26-,27-,28+,29+/m0/s1. The van der Waals surface area contributed by atoms with Crippen molar-refractivity contribution in [2.75, 3.05) is 18.5 Å². The number of anilines is 1. The van der Waals surface area contributed by atoms with E-state index in [9.17, 15) is 9.90 Å². The Hall–Kier alpha value is -2.46. The van der Waals surface area contributed by atoms with Gasteiger partial charge in [-0.1, -0.05) is 20.8 Å². The number of hydrogen-bond donors (Lipinski definition) is 2. The van der Waals surface area contributed by atoms with Crippen molar-refractivity contribution in [1.29, 1.82) is 0 Å². The van der Waals surface area contributed by atoms with Gasteiger partial charge in [0.05, 0.1) is 11.6 Å². The normalized spacial score (nSPS) is 48.9. The van der Waals surface area contributed by atoms with Gasteiger partial charge >= 0.3 is 5.97 Å². The molecule has 1 aromatic heterocycles. The molecule has 0 radical (unpaired) electrons. The molecule has 200 valence electrons. The number of nitrogens with zero attached hydrogens (tertiary/aromatic N) is 2.